The molecule has 0 radical (unpaired) electrons. The number of sulfonamides is 1. The van der Waals surface area contributed by atoms with Crippen LogP contribution < -0.4 is 10.0 Å². The number of amides is 1. The number of hydrogen-bond donors (Lipinski definition) is 2. The van der Waals surface area contributed by atoms with Gasteiger partial charge >= 0.3 is 0 Å². The van der Waals surface area contributed by atoms with Gasteiger partial charge in [-0.25, -0.2) is 12.8 Å². The van der Waals surface area contributed by atoms with Gasteiger partial charge in [-0.15, -0.1) is 0 Å². The fraction of sp³-hybridized carbons (Fsp3) is 0.435. The maximum absolute atomic E-state index is 14.1. The Labute approximate surface area is 182 Å². The van der Waals surface area contributed by atoms with Gasteiger partial charge in [0.15, 0.2) is 0 Å². The number of halogens is 1. The summed E-state index contributed by atoms with van der Waals surface area (Å²) in [6, 6.07) is 14.0. The average Bonchev–Trinajstić information content (AvgIpc) is 3.39. The van der Waals surface area contributed by atoms with E-state index in [1.165, 1.54) is 25.0 Å². The third kappa shape index (κ3) is 5.07. The first-order chi connectivity index (χ1) is 14.8. The Balaban J connectivity index is 1.56. The van der Waals surface area contributed by atoms with E-state index in [1.807, 2.05) is 30.3 Å². The highest BCUT2D eigenvalue weighted by molar-refractivity contribution is 7.92. The smallest absolute Gasteiger partial charge is 0.231 e. The highest BCUT2D eigenvalue weighted by Crippen LogP contribution is 2.49. The molecular formula is C23H28FN3O3S. The molecule has 1 atom stereocenters. The second-order valence-electron chi connectivity index (χ2n) is 8.60. The number of anilines is 1. The lowest BCUT2D eigenvalue weighted by Crippen LogP contribution is -2.42. The Morgan fingerprint density at radius 2 is 1.81 bits per heavy atom. The van der Waals surface area contributed by atoms with Gasteiger partial charge in [-0.1, -0.05) is 36.4 Å². The van der Waals surface area contributed by atoms with Crippen LogP contribution >= 0.6 is 0 Å². The van der Waals surface area contributed by atoms with Gasteiger partial charge in [0.05, 0.1) is 23.4 Å². The lowest BCUT2D eigenvalue weighted by atomic mass is 9.93. The Morgan fingerprint density at radius 3 is 2.42 bits per heavy atom. The molecule has 1 heterocycles. The van der Waals surface area contributed by atoms with Crippen molar-refractivity contribution in [2.75, 3.05) is 30.6 Å². The Bertz CT molecular complexity index is 1050. The summed E-state index contributed by atoms with van der Waals surface area (Å²) >= 11 is 0. The first-order valence-electron chi connectivity index (χ1n) is 10.6. The van der Waals surface area contributed by atoms with Crippen LogP contribution in [0.1, 0.15) is 42.9 Å². The molecule has 1 aliphatic carbocycles. The van der Waals surface area contributed by atoms with Gasteiger partial charge in [0, 0.05) is 6.54 Å². The Hall–Kier alpha value is -2.45. The number of rotatable bonds is 8. The molecular weight excluding hydrogens is 417 g/mol. The van der Waals surface area contributed by atoms with Crippen molar-refractivity contribution >= 4 is 21.6 Å². The van der Waals surface area contributed by atoms with Gasteiger partial charge in [0.2, 0.25) is 15.9 Å². The van der Waals surface area contributed by atoms with E-state index in [4.69, 9.17) is 0 Å². The molecule has 166 valence electrons. The van der Waals surface area contributed by atoms with E-state index in [-0.39, 0.29) is 17.6 Å². The van der Waals surface area contributed by atoms with Crippen molar-refractivity contribution in [1.29, 1.82) is 0 Å². The normalized spacial score (nSPS) is 19.0. The number of nitrogens with one attached hydrogen (secondary N) is 2. The molecule has 0 bridgehead atoms. The van der Waals surface area contributed by atoms with Crippen molar-refractivity contribution in [2.24, 2.45) is 0 Å². The van der Waals surface area contributed by atoms with Crippen LogP contribution in [0.4, 0.5) is 10.1 Å². The predicted octanol–water partition coefficient (Wildman–Crippen LogP) is 3.18. The van der Waals surface area contributed by atoms with Crippen LogP contribution in [0.3, 0.4) is 0 Å². The van der Waals surface area contributed by atoms with E-state index in [0.717, 1.165) is 31.5 Å². The monoisotopic (exact) mass is 445 g/mol. The highest BCUT2D eigenvalue weighted by Gasteiger charge is 2.52. The first-order valence-corrected chi connectivity index (χ1v) is 12.5. The van der Waals surface area contributed by atoms with E-state index in [2.05, 4.69) is 14.9 Å². The SMILES string of the molecule is CS(=O)(=O)Nc1cc(C2(C(=O)N[C@H](CN3CCCC3)c3ccccc3)CC2)ccc1F. The van der Waals surface area contributed by atoms with Crippen molar-refractivity contribution < 1.29 is 17.6 Å². The number of hydrogen-bond acceptors (Lipinski definition) is 4. The van der Waals surface area contributed by atoms with Crippen molar-refractivity contribution in [3.63, 3.8) is 0 Å². The van der Waals surface area contributed by atoms with E-state index >= 15 is 0 Å². The summed E-state index contributed by atoms with van der Waals surface area (Å²) in [5.74, 6) is -0.765. The minimum Gasteiger partial charge on any atom is -0.347 e. The van der Waals surface area contributed by atoms with Crippen LogP contribution in [-0.2, 0) is 20.2 Å². The third-order valence-corrected chi connectivity index (χ3v) is 6.74. The summed E-state index contributed by atoms with van der Waals surface area (Å²) in [6.07, 6.45) is 4.61. The molecule has 1 aliphatic heterocycles. The number of nitrogens with zero attached hydrogens (tertiary/aromatic N) is 1. The van der Waals surface area contributed by atoms with Gasteiger partial charge in [0.1, 0.15) is 5.82 Å². The van der Waals surface area contributed by atoms with E-state index < -0.39 is 21.3 Å². The van der Waals surface area contributed by atoms with Crippen LogP contribution in [0.15, 0.2) is 48.5 Å². The van der Waals surface area contributed by atoms with Gasteiger partial charge < -0.3 is 10.2 Å². The standard InChI is InChI=1S/C23H28FN3O3S/c1-31(29,30)26-20-15-18(9-10-19(20)24)23(11-12-23)22(28)25-21(16-27-13-5-6-14-27)17-7-3-2-4-8-17/h2-4,7-10,15,21,26H,5-6,11-14,16H2,1H3,(H,25,28)/t21-/m1/s1. The zero-order valence-electron chi connectivity index (χ0n) is 17.6. The first kappa shape index (κ1) is 21.8. The zero-order chi connectivity index (χ0) is 22.1. The maximum atomic E-state index is 14.1. The molecule has 0 spiro atoms. The highest BCUT2D eigenvalue weighted by atomic mass is 32.2. The van der Waals surface area contributed by atoms with E-state index in [0.29, 0.717) is 18.4 Å². The predicted molar refractivity (Wildman–Crippen MR) is 119 cm³/mol. The molecule has 6 nitrogen and oxygen atoms in total. The minimum absolute atomic E-state index is 0.0996. The van der Waals surface area contributed by atoms with Gasteiger partial charge in [-0.3, -0.25) is 9.52 Å². The average molecular weight is 446 g/mol. The summed E-state index contributed by atoms with van der Waals surface area (Å²) < 4.78 is 39.5. The zero-order valence-corrected chi connectivity index (χ0v) is 18.4. The third-order valence-electron chi connectivity index (χ3n) is 6.15. The van der Waals surface area contributed by atoms with Crippen LogP contribution in [0.25, 0.3) is 0 Å². The topological polar surface area (TPSA) is 78.5 Å². The van der Waals surface area contributed by atoms with Gasteiger partial charge in [0.25, 0.3) is 0 Å². The lowest BCUT2D eigenvalue weighted by Gasteiger charge is -2.27. The molecule has 2 fully saturated rings. The number of likely N-dealkylation sites (tertiary alicyclic amines) is 1. The van der Waals surface area contributed by atoms with Crippen LogP contribution in [0, 0.1) is 5.82 Å². The second kappa shape index (κ2) is 8.59. The van der Waals surface area contributed by atoms with Crippen LogP contribution in [0.2, 0.25) is 0 Å². The largest absolute Gasteiger partial charge is 0.347 e. The van der Waals surface area contributed by atoms with Crippen molar-refractivity contribution in [1.82, 2.24) is 10.2 Å². The lowest BCUT2D eigenvalue weighted by molar-refractivity contribution is -0.124. The Morgan fingerprint density at radius 1 is 1.13 bits per heavy atom. The molecule has 8 heteroatoms. The van der Waals surface area contributed by atoms with E-state index in [1.54, 1.807) is 6.07 Å². The number of benzene rings is 2. The summed E-state index contributed by atoms with van der Waals surface area (Å²) in [5.41, 5.74) is 0.804. The summed E-state index contributed by atoms with van der Waals surface area (Å²) in [5, 5.41) is 3.23. The molecule has 1 saturated heterocycles. The van der Waals surface area contributed by atoms with Gasteiger partial charge in [-0.2, -0.15) is 0 Å². The summed E-state index contributed by atoms with van der Waals surface area (Å²) in [7, 11) is -3.63. The molecule has 31 heavy (non-hydrogen) atoms. The Kier molecular flexibility index (Phi) is 6.03. The maximum Gasteiger partial charge on any atom is 0.231 e. The molecule has 2 aromatic rings. The number of carbonyl (C=O) groups excluding carboxylic acids is 1. The summed E-state index contributed by atoms with van der Waals surface area (Å²) in [4.78, 5) is 15.8. The fourth-order valence-corrected chi connectivity index (χ4v) is 4.87. The quantitative estimate of drug-likeness (QED) is 0.654. The molecule has 2 N–H and O–H groups in total. The molecule has 0 aromatic heterocycles. The number of carbonyl (C=O) groups is 1. The van der Waals surface area contributed by atoms with Crippen LogP contribution in [-0.4, -0.2) is 45.1 Å². The molecule has 4 rings (SSSR count). The fourth-order valence-electron chi connectivity index (χ4n) is 4.31. The summed E-state index contributed by atoms with van der Waals surface area (Å²) in [6.45, 7) is 2.81. The van der Waals surface area contributed by atoms with Crippen molar-refractivity contribution in [3.8, 4) is 0 Å². The molecule has 1 saturated carbocycles. The second-order valence-corrected chi connectivity index (χ2v) is 10.3. The molecule has 0 unspecified atom stereocenters. The van der Waals surface area contributed by atoms with E-state index in [9.17, 15) is 17.6 Å². The minimum atomic E-state index is -3.63. The van der Waals surface area contributed by atoms with Gasteiger partial charge in [-0.05, 0) is 62.0 Å². The molecule has 2 aromatic carbocycles. The van der Waals surface area contributed by atoms with Crippen molar-refractivity contribution in [3.05, 3.63) is 65.5 Å². The molecule has 1 amide bonds. The molecule has 2 aliphatic rings. The van der Waals surface area contributed by atoms with Crippen molar-refractivity contribution in [2.45, 2.75) is 37.1 Å². The van der Waals surface area contributed by atoms with Crippen LogP contribution in [0.5, 0.6) is 0 Å².